The van der Waals surface area contributed by atoms with E-state index in [4.69, 9.17) is 29.8 Å². The summed E-state index contributed by atoms with van der Waals surface area (Å²) in [5.41, 5.74) is 12.7. The van der Waals surface area contributed by atoms with Gasteiger partial charge in [-0.3, -0.25) is 9.97 Å². The SMILES string of the molecule is CCC1=C(CC)c2cc3[nH]c(cnc4ccc(OCC(=O)O)cc4ncc4nc(cc1n2)C(CCCO)=C4C)c(C)c3CCCO. The number of H-pyrrole nitrogens is 1. The topological polar surface area (TPSA) is 154 Å². The molecule has 0 radical (unpaired) electrons. The predicted molar refractivity (Wildman–Crippen MR) is 181 cm³/mol. The van der Waals surface area contributed by atoms with Crippen molar-refractivity contribution in [1.29, 1.82) is 0 Å². The molecule has 10 nitrogen and oxygen atoms in total. The molecule has 2 aliphatic heterocycles. The summed E-state index contributed by atoms with van der Waals surface area (Å²) in [7, 11) is 0. The Bertz CT molecular complexity index is 1910. The fourth-order valence-electron chi connectivity index (χ4n) is 6.04. The molecule has 0 saturated carbocycles. The molecule has 0 amide bonds. The van der Waals surface area contributed by atoms with Crippen molar-refractivity contribution in [3.8, 4) is 5.75 Å². The first-order valence-electron chi connectivity index (χ1n) is 15.8. The molecule has 0 atom stereocenters. The van der Waals surface area contributed by atoms with E-state index in [2.05, 4.69) is 31.0 Å². The van der Waals surface area contributed by atoms with Crippen molar-refractivity contribution in [2.24, 2.45) is 0 Å². The van der Waals surface area contributed by atoms with Crippen LogP contribution in [0.2, 0.25) is 0 Å². The van der Waals surface area contributed by atoms with Gasteiger partial charge in [0.2, 0.25) is 0 Å². The van der Waals surface area contributed by atoms with Gasteiger partial charge in [-0.15, -0.1) is 0 Å². The van der Waals surface area contributed by atoms with Crippen LogP contribution >= 0.6 is 0 Å². The number of carboxylic acid groups (broad SMARTS) is 1. The van der Waals surface area contributed by atoms with E-state index in [0.717, 1.165) is 63.2 Å². The van der Waals surface area contributed by atoms with E-state index in [1.165, 1.54) is 11.1 Å². The number of ether oxygens (including phenoxy) is 1. The minimum Gasteiger partial charge on any atom is -0.482 e. The zero-order valence-corrected chi connectivity index (χ0v) is 26.9. The number of carbonyl (C=O) groups is 1. The highest BCUT2D eigenvalue weighted by atomic mass is 16.5. The van der Waals surface area contributed by atoms with E-state index in [1.807, 2.05) is 13.8 Å². The van der Waals surface area contributed by atoms with Crippen LogP contribution in [0.25, 0.3) is 44.4 Å². The number of aliphatic carboxylic acids is 1. The van der Waals surface area contributed by atoms with Crippen LogP contribution in [0.3, 0.4) is 0 Å². The summed E-state index contributed by atoms with van der Waals surface area (Å²) in [6.45, 7) is 8.04. The van der Waals surface area contributed by atoms with E-state index in [9.17, 15) is 15.0 Å². The lowest BCUT2D eigenvalue weighted by Crippen LogP contribution is -2.09. The van der Waals surface area contributed by atoms with E-state index >= 15 is 0 Å². The number of rotatable bonds is 11. The van der Waals surface area contributed by atoms with Gasteiger partial charge in [0.15, 0.2) is 6.61 Å². The molecule has 6 bridgehead atoms. The number of benzene rings is 1. The molecule has 5 rings (SSSR count). The summed E-state index contributed by atoms with van der Waals surface area (Å²) in [4.78, 5) is 34.4. The fourth-order valence-corrected chi connectivity index (χ4v) is 6.04. The second-order valence-corrected chi connectivity index (χ2v) is 11.4. The summed E-state index contributed by atoms with van der Waals surface area (Å²) in [5.74, 6) is -0.712. The highest BCUT2D eigenvalue weighted by Gasteiger charge is 2.21. The van der Waals surface area contributed by atoms with Crippen LogP contribution in [0.4, 0.5) is 0 Å². The van der Waals surface area contributed by atoms with Crippen molar-refractivity contribution in [3.63, 3.8) is 0 Å². The monoisotopic (exact) mass is 623 g/mol. The lowest BCUT2D eigenvalue weighted by Gasteiger charge is -2.05. The Morgan fingerprint density at radius 3 is 2.13 bits per heavy atom. The second kappa shape index (κ2) is 14.6. The van der Waals surface area contributed by atoms with Crippen molar-refractivity contribution >= 4 is 50.3 Å². The molecule has 0 fully saturated rings. The number of aromatic nitrogens is 5. The van der Waals surface area contributed by atoms with Crippen LogP contribution in [0.15, 0.2) is 42.7 Å². The van der Waals surface area contributed by atoms with Crippen molar-refractivity contribution < 1.29 is 24.9 Å². The van der Waals surface area contributed by atoms with Gasteiger partial charge < -0.3 is 25.0 Å². The molecule has 3 aromatic rings. The Labute approximate surface area is 268 Å². The molecule has 0 saturated heterocycles. The number of aliphatic hydroxyl groups excluding tert-OH is 2. The molecule has 1 aromatic carbocycles. The average Bonchev–Trinajstić information content (AvgIpc) is 3.64. The van der Waals surface area contributed by atoms with Gasteiger partial charge in [-0.25, -0.2) is 14.8 Å². The largest absolute Gasteiger partial charge is 0.482 e. The van der Waals surface area contributed by atoms with Gasteiger partial charge in [0.05, 0.1) is 51.7 Å². The van der Waals surface area contributed by atoms with Crippen molar-refractivity contribution in [3.05, 3.63) is 76.6 Å². The van der Waals surface area contributed by atoms with Crippen molar-refractivity contribution in [2.45, 2.75) is 66.2 Å². The lowest BCUT2D eigenvalue weighted by atomic mass is 9.98. The summed E-state index contributed by atoms with van der Waals surface area (Å²) < 4.78 is 5.44. The van der Waals surface area contributed by atoms with Crippen LogP contribution in [-0.4, -0.2) is 66.0 Å². The Morgan fingerprint density at radius 1 is 0.783 bits per heavy atom. The van der Waals surface area contributed by atoms with Gasteiger partial charge in [0.1, 0.15) is 5.75 Å². The molecule has 0 spiro atoms. The maximum absolute atomic E-state index is 11.1. The van der Waals surface area contributed by atoms with Gasteiger partial charge >= 0.3 is 5.97 Å². The number of aryl methyl sites for hydroxylation is 2. The molecule has 240 valence electrons. The zero-order chi connectivity index (χ0) is 32.8. The van der Waals surface area contributed by atoms with Crippen LogP contribution in [0.5, 0.6) is 5.75 Å². The third kappa shape index (κ3) is 6.93. The highest BCUT2D eigenvalue weighted by molar-refractivity contribution is 5.95. The van der Waals surface area contributed by atoms with E-state index in [-0.39, 0.29) is 13.2 Å². The Kier molecular flexibility index (Phi) is 10.4. The maximum Gasteiger partial charge on any atom is 0.341 e. The van der Waals surface area contributed by atoms with Gasteiger partial charge in [0, 0.05) is 24.8 Å². The third-order valence-electron chi connectivity index (χ3n) is 8.46. The first-order chi connectivity index (χ1) is 22.3. The molecular weight excluding hydrogens is 582 g/mol. The van der Waals surface area contributed by atoms with Crippen LogP contribution in [0.1, 0.15) is 86.8 Å². The molecule has 46 heavy (non-hydrogen) atoms. The minimum atomic E-state index is -1.07. The zero-order valence-electron chi connectivity index (χ0n) is 26.9. The molecule has 2 aliphatic rings. The number of allylic oxidation sites excluding steroid dienone is 4. The Hall–Kier alpha value is -4.67. The van der Waals surface area contributed by atoms with Gasteiger partial charge in [-0.2, -0.15) is 0 Å². The summed E-state index contributed by atoms with van der Waals surface area (Å²) in [5, 5.41) is 28.4. The van der Waals surface area contributed by atoms with E-state index in [1.54, 1.807) is 30.6 Å². The number of hydrogen-bond donors (Lipinski definition) is 4. The summed E-state index contributed by atoms with van der Waals surface area (Å²) in [6.07, 6.45) is 7.69. The van der Waals surface area contributed by atoms with E-state index < -0.39 is 12.6 Å². The number of carboxylic acids is 1. The minimum absolute atomic E-state index is 0.0715. The highest BCUT2D eigenvalue weighted by Crippen LogP contribution is 2.38. The quantitative estimate of drug-likeness (QED) is 0.188. The number of aromatic amines is 1. The van der Waals surface area contributed by atoms with Crippen LogP contribution in [0, 0.1) is 6.92 Å². The van der Waals surface area contributed by atoms with E-state index in [0.29, 0.717) is 48.2 Å². The summed E-state index contributed by atoms with van der Waals surface area (Å²) in [6, 6.07) is 9.25. The van der Waals surface area contributed by atoms with Crippen LogP contribution in [-0.2, 0) is 11.2 Å². The molecule has 4 heterocycles. The molecule has 4 N–H and O–H groups in total. The second-order valence-electron chi connectivity index (χ2n) is 11.4. The molecular formula is C36H41N5O5. The molecule has 2 aromatic heterocycles. The van der Waals surface area contributed by atoms with Crippen LogP contribution < -0.4 is 4.74 Å². The molecule has 0 aliphatic carbocycles. The van der Waals surface area contributed by atoms with Crippen molar-refractivity contribution in [2.75, 3.05) is 19.8 Å². The predicted octanol–water partition coefficient (Wildman–Crippen LogP) is 6.47. The van der Waals surface area contributed by atoms with Gasteiger partial charge in [-0.05, 0) is 110 Å². The molecule has 10 heteroatoms. The number of aliphatic hydroxyl groups is 2. The summed E-state index contributed by atoms with van der Waals surface area (Å²) >= 11 is 0. The normalized spacial score (nSPS) is 12.9. The number of fused-ring (bicyclic) bond motifs is 7. The maximum atomic E-state index is 11.1. The smallest absolute Gasteiger partial charge is 0.341 e. The standard InChI is InChI=1S/C36H41N5O5/c1-5-24-25(6-2)30-17-32-27(10-8-14-43)22(4)35(41-32)19-38-33-15-23(46-20-36(44)45)11-12-28(33)37-18-34-21(3)26(9-7-13-42)31(40-34)16-29(24)39-30/h11-12,15-19,40,42-43H,5-10,13-14,20H2,1-4H3,(H,44,45). The Balaban J connectivity index is 1.88. The van der Waals surface area contributed by atoms with Crippen molar-refractivity contribution in [1.82, 2.24) is 24.9 Å². The number of hydrogen-bond acceptors (Lipinski definition) is 8. The number of nitrogens with zero attached hydrogens (tertiary/aromatic N) is 4. The van der Waals surface area contributed by atoms with Gasteiger partial charge in [-0.1, -0.05) is 13.8 Å². The first kappa shape index (κ1) is 32.7. The number of nitrogens with one attached hydrogen (secondary N) is 1. The fraction of sp³-hybridized carbons (Fsp3) is 0.361. The third-order valence-corrected chi connectivity index (χ3v) is 8.46. The lowest BCUT2D eigenvalue weighted by molar-refractivity contribution is -0.139. The molecule has 0 unspecified atom stereocenters. The average molecular weight is 624 g/mol. The first-order valence-corrected chi connectivity index (χ1v) is 15.8. The van der Waals surface area contributed by atoms with Gasteiger partial charge in [0.25, 0.3) is 0 Å². The Morgan fingerprint density at radius 2 is 1.43 bits per heavy atom.